The lowest BCUT2D eigenvalue weighted by molar-refractivity contribution is 0.0979. The van der Waals surface area contributed by atoms with Gasteiger partial charge in [0.1, 0.15) is 5.75 Å². The number of ketones is 4. The number of aromatic nitrogens is 3. The van der Waals surface area contributed by atoms with Crippen LogP contribution >= 0.6 is 0 Å². The highest BCUT2D eigenvalue weighted by atomic mass is 16.5. The average Bonchev–Trinajstić information content (AvgIpc) is 3.10. The van der Waals surface area contributed by atoms with Crippen LogP contribution in [0.4, 0.5) is 23.3 Å². The topological polar surface area (TPSA) is 140 Å². The van der Waals surface area contributed by atoms with Gasteiger partial charge >= 0.3 is 6.01 Å². The second-order valence-electron chi connectivity index (χ2n) is 10.8. The molecule has 0 aliphatic heterocycles. The van der Waals surface area contributed by atoms with E-state index in [1.54, 1.807) is 109 Å². The van der Waals surface area contributed by atoms with Crippen molar-refractivity contribution in [2.24, 2.45) is 0 Å². The van der Waals surface area contributed by atoms with Crippen molar-refractivity contribution in [3.63, 3.8) is 0 Å². The van der Waals surface area contributed by atoms with E-state index in [1.807, 2.05) is 6.07 Å². The summed E-state index contributed by atoms with van der Waals surface area (Å²) >= 11 is 0. The Morgan fingerprint density at radius 3 is 1.28 bits per heavy atom. The molecule has 224 valence electrons. The second-order valence-corrected chi connectivity index (χ2v) is 10.8. The smallest absolute Gasteiger partial charge is 0.328 e. The predicted octanol–water partition coefficient (Wildman–Crippen LogP) is 6.70. The third-order valence-corrected chi connectivity index (χ3v) is 7.97. The summed E-state index contributed by atoms with van der Waals surface area (Å²) in [5.74, 6) is -0.702. The van der Waals surface area contributed by atoms with E-state index in [-0.39, 0.29) is 63.3 Å². The van der Waals surface area contributed by atoms with Gasteiger partial charge in [-0.3, -0.25) is 19.2 Å². The Kier molecular flexibility index (Phi) is 6.47. The van der Waals surface area contributed by atoms with Gasteiger partial charge in [-0.15, -0.1) is 0 Å². The third-order valence-electron chi connectivity index (χ3n) is 7.97. The van der Waals surface area contributed by atoms with Crippen molar-refractivity contribution in [1.82, 2.24) is 15.0 Å². The van der Waals surface area contributed by atoms with Gasteiger partial charge in [-0.2, -0.15) is 15.0 Å². The molecule has 0 radical (unpaired) electrons. The normalized spacial score (nSPS) is 12.9. The van der Waals surface area contributed by atoms with E-state index in [1.165, 1.54) is 0 Å². The number of hydrogen-bond acceptors (Lipinski definition) is 10. The molecule has 0 fully saturated rings. The molecule has 2 N–H and O–H groups in total. The number of hydrogen-bond donors (Lipinski definition) is 2. The monoisotopic (exact) mass is 615 g/mol. The van der Waals surface area contributed by atoms with E-state index >= 15 is 0 Å². The number of fused-ring (bicyclic) bond motifs is 4. The number of nitrogens with zero attached hydrogens (tertiary/aromatic N) is 3. The summed E-state index contributed by atoms with van der Waals surface area (Å²) in [5.41, 5.74) is 2.81. The van der Waals surface area contributed by atoms with Crippen molar-refractivity contribution < 1.29 is 23.9 Å². The largest absolute Gasteiger partial charge is 0.424 e. The van der Waals surface area contributed by atoms with Gasteiger partial charge in [0.2, 0.25) is 11.9 Å². The van der Waals surface area contributed by atoms with E-state index in [2.05, 4.69) is 25.6 Å². The van der Waals surface area contributed by atoms with Crippen LogP contribution in [-0.2, 0) is 0 Å². The molecule has 2 aliphatic rings. The first-order valence-corrected chi connectivity index (χ1v) is 14.6. The fraction of sp³-hybridized carbons (Fsp3) is 0. The molecule has 1 heterocycles. The lowest BCUT2D eigenvalue weighted by atomic mass is 9.83. The van der Waals surface area contributed by atoms with Gasteiger partial charge in [0.05, 0.1) is 22.5 Å². The molecule has 0 atom stereocenters. The van der Waals surface area contributed by atoms with E-state index in [4.69, 9.17) is 4.74 Å². The van der Waals surface area contributed by atoms with Crippen LogP contribution in [0.5, 0.6) is 11.8 Å². The first kappa shape index (κ1) is 27.7. The van der Waals surface area contributed by atoms with Gasteiger partial charge in [-0.05, 0) is 24.3 Å². The van der Waals surface area contributed by atoms with Gasteiger partial charge in [0.25, 0.3) is 0 Å². The van der Waals surface area contributed by atoms with E-state index in [0.29, 0.717) is 39.4 Å². The maximum absolute atomic E-state index is 13.6. The van der Waals surface area contributed by atoms with Gasteiger partial charge in [-0.25, -0.2) is 0 Å². The molecule has 47 heavy (non-hydrogen) atoms. The van der Waals surface area contributed by atoms with E-state index < -0.39 is 0 Å². The Morgan fingerprint density at radius 1 is 0.404 bits per heavy atom. The summed E-state index contributed by atoms with van der Waals surface area (Å²) in [5, 5.41) is 6.16. The summed E-state index contributed by atoms with van der Waals surface area (Å²) < 4.78 is 5.95. The molecule has 10 heteroatoms. The minimum absolute atomic E-state index is 0.00140. The van der Waals surface area contributed by atoms with E-state index in [9.17, 15) is 19.2 Å². The number of anilines is 4. The molecule has 1 aromatic heterocycles. The predicted molar refractivity (Wildman–Crippen MR) is 172 cm³/mol. The summed E-state index contributed by atoms with van der Waals surface area (Å²) in [6, 6.07) is 32.0. The quantitative estimate of drug-likeness (QED) is 0.208. The Morgan fingerprint density at radius 2 is 0.809 bits per heavy atom. The number of para-hydroxylation sites is 1. The SMILES string of the molecule is O=C1c2ccccc2C(=O)c2c(Nc3nc(Nc4cccc5c4C(=O)c4ccccc4C5=O)nc(Oc4ccccc4)n3)cccc21. The summed E-state index contributed by atoms with van der Waals surface area (Å²) in [6.45, 7) is 0. The van der Waals surface area contributed by atoms with Crippen LogP contribution in [0.15, 0.2) is 115 Å². The fourth-order valence-electron chi connectivity index (χ4n) is 5.85. The number of carbonyl (C=O) groups excluding carboxylic acids is 4. The van der Waals surface area contributed by atoms with Crippen molar-refractivity contribution in [3.8, 4) is 11.8 Å². The van der Waals surface area contributed by atoms with Crippen LogP contribution in [0.25, 0.3) is 0 Å². The summed E-state index contributed by atoms with van der Waals surface area (Å²) in [4.78, 5) is 67.3. The van der Waals surface area contributed by atoms with Crippen molar-refractivity contribution in [2.75, 3.05) is 10.6 Å². The van der Waals surface area contributed by atoms with Crippen molar-refractivity contribution >= 4 is 46.4 Å². The van der Waals surface area contributed by atoms with Crippen molar-refractivity contribution in [3.05, 3.63) is 160 Å². The molecule has 0 bridgehead atoms. The fourth-order valence-corrected chi connectivity index (χ4v) is 5.85. The molecule has 0 saturated heterocycles. The average molecular weight is 616 g/mol. The first-order chi connectivity index (χ1) is 23.0. The van der Waals surface area contributed by atoms with Gasteiger partial charge in [0.15, 0.2) is 23.1 Å². The molecule has 6 aromatic rings. The van der Waals surface area contributed by atoms with Gasteiger partial charge < -0.3 is 15.4 Å². The van der Waals surface area contributed by atoms with Gasteiger partial charge in [0, 0.05) is 33.4 Å². The lowest BCUT2D eigenvalue weighted by Crippen LogP contribution is -2.22. The van der Waals surface area contributed by atoms with Gasteiger partial charge in [-0.1, -0.05) is 91.0 Å². The second kappa shape index (κ2) is 11.0. The molecule has 8 rings (SSSR count). The van der Waals surface area contributed by atoms with Crippen LogP contribution in [0.1, 0.15) is 63.7 Å². The molecular weight excluding hydrogens is 594 g/mol. The van der Waals surface area contributed by atoms with Crippen LogP contribution in [0.2, 0.25) is 0 Å². The Labute approximate surface area is 267 Å². The molecule has 0 amide bonds. The highest BCUT2D eigenvalue weighted by Gasteiger charge is 2.33. The number of ether oxygens (including phenoxy) is 1. The minimum atomic E-state index is -0.314. The summed E-state index contributed by atoms with van der Waals surface area (Å²) in [7, 11) is 0. The summed E-state index contributed by atoms with van der Waals surface area (Å²) in [6.07, 6.45) is 0. The van der Waals surface area contributed by atoms with Crippen molar-refractivity contribution in [1.29, 1.82) is 0 Å². The highest BCUT2D eigenvalue weighted by Crippen LogP contribution is 2.35. The molecule has 0 spiro atoms. The van der Waals surface area contributed by atoms with Crippen LogP contribution in [-0.4, -0.2) is 38.1 Å². The molecular formula is C37H21N5O5. The lowest BCUT2D eigenvalue weighted by Gasteiger charge is -2.21. The third kappa shape index (κ3) is 4.72. The Hall–Kier alpha value is -6.81. The number of rotatable bonds is 6. The number of benzene rings is 5. The zero-order valence-corrected chi connectivity index (χ0v) is 24.4. The maximum atomic E-state index is 13.6. The van der Waals surface area contributed by atoms with Crippen LogP contribution in [0, 0.1) is 0 Å². The molecule has 0 saturated carbocycles. The minimum Gasteiger partial charge on any atom is -0.424 e. The standard InChI is InChI=1S/C37H21N5O5/c43-31-21-12-4-6-14-23(21)33(45)29-25(31)16-8-18-27(29)38-35-40-36(42-37(41-35)47-20-10-2-1-3-11-20)39-28-19-9-17-26-30(28)34(46)24-15-7-5-13-22(24)32(26)44/h1-19H,(H2,38,39,40,41,42). The molecule has 0 unspecified atom stereocenters. The number of nitrogens with one attached hydrogen (secondary N) is 2. The number of carbonyl (C=O) groups is 4. The first-order valence-electron chi connectivity index (χ1n) is 14.6. The molecule has 2 aliphatic carbocycles. The molecule has 5 aromatic carbocycles. The van der Waals surface area contributed by atoms with E-state index in [0.717, 1.165) is 0 Å². The highest BCUT2D eigenvalue weighted by molar-refractivity contribution is 6.31. The Bertz CT molecular complexity index is 2180. The zero-order valence-electron chi connectivity index (χ0n) is 24.4. The zero-order chi connectivity index (χ0) is 32.1. The Balaban J connectivity index is 1.20. The maximum Gasteiger partial charge on any atom is 0.328 e. The van der Waals surface area contributed by atoms with Crippen LogP contribution in [0.3, 0.4) is 0 Å². The van der Waals surface area contributed by atoms with Crippen LogP contribution < -0.4 is 15.4 Å². The molecule has 10 nitrogen and oxygen atoms in total. The van der Waals surface area contributed by atoms with Crippen molar-refractivity contribution in [2.45, 2.75) is 0 Å².